The molecule has 39 heavy (non-hydrogen) atoms. The van der Waals surface area contributed by atoms with Crippen LogP contribution < -0.4 is 10.6 Å². The average molecular weight is 537 g/mol. The van der Waals surface area contributed by atoms with Gasteiger partial charge in [0.05, 0.1) is 26.2 Å². The lowest BCUT2D eigenvalue weighted by Crippen LogP contribution is -2.42. The number of carbonyl (C=O) groups excluding carboxylic acids is 3. The molecular formula is C28H32N4O7. The second-order valence-corrected chi connectivity index (χ2v) is 9.53. The van der Waals surface area contributed by atoms with Crippen LogP contribution in [0.5, 0.6) is 0 Å². The number of esters is 2. The van der Waals surface area contributed by atoms with E-state index in [1.807, 2.05) is 0 Å². The Balaban J connectivity index is 1.65. The molecular weight excluding hydrogens is 504 g/mol. The standard InChI is InChI=1S/C28H32N4O7/c1-38-24(35)16-29-26-25(18-8-10-19(11-9-18)28(37)39-2)31-22-14-20(12-13-32(22)26)27(36)30-21(15-23(33)34)17-6-4-3-5-7-17/h8-14,17,21,29H,3-7,15-16H2,1-2H3,(H,30,36)(H,33,34). The molecule has 0 radical (unpaired) electrons. The van der Waals surface area contributed by atoms with Crippen LogP contribution in [-0.4, -0.2) is 65.1 Å². The van der Waals surface area contributed by atoms with E-state index in [1.54, 1.807) is 47.0 Å². The van der Waals surface area contributed by atoms with Crippen LogP contribution >= 0.6 is 0 Å². The molecule has 2 aromatic heterocycles. The van der Waals surface area contributed by atoms with Gasteiger partial charge < -0.3 is 25.2 Å². The van der Waals surface area contributed by atoms with Crippen molar-refractivity contribution in [3.63, 3.8) is 0 Å². The Bertz CT molecular complexity index is 1360. The fourth-order valence-electron chi connectivity index (χ4n) is 4.98. The van der Waals surface area contributed by atoms with Crippen molar-refractivity contribution < 1.29 is 33.8 Å². The number of aliphatic carboxylic acids is 1. The largest absolute Gasteiger partial charge is 0.481 e. The van der Waals surface area contributed by atoms with E-state index in [1.165, 1.54) is 14.2 Å². The van der Waals surface area contributed by atoms with E-state index < -0.39 is 23.9 Å². The molecule has 206 valence electrons. The summed E-state index contributed by atoms with van der Waals surface area (Å²) in [6, 6.07) is 9.44. The second kappa shape index (κ2) is 12.4. The Morgan fingerprint density at radius 3 is 2.38 bits per heavy atom. The Labute approximate surface area is 225 Å². The lowest BCUT2D eigenvalue weighted by Gasteiger charge is -2.30. The van der Waals surface area contributed by atoms with Crippen LogP contribution in [0.4, 0.5) is 5.82 Å². The second-order valence-electron chi connectivity index (χ2n) is 9.53. The molecule has 1 aromatic carbocycles. The summed E-state index contributed by atoms with van der Waals surface area (Å²) in [6.07, 6.45) is 6.50. The van der Waals surface area contributed by atoms with Crippen LogP contribution in [0, 0.1) is 5.92 Å². The lowest BCUT2D eigenvalue weighted by molar-refractivity contribution is -0.139. The van der Waals surface area contributed by atoms with Crippen molar-refractivity contribution >= 4 is 35.3 Å². The van der Waals surface area contributed by atoms with Crippen LogP contribution in [0.25, 0.3) is 16.9 Å². The van der Waals surface area contributed by atoms with Gasteiger partial charge in [-0.1, -0.05) is 31.4 Å². The predicted molar refractivity (Wildman–Crippen MR) is 143 cm³/mol. The summed E-state index contributed by atoms with van der Waals surface area (Å²) >= 11 is 0. The molecule has 3 aromatic rings. The number of anilines is 1. The molecule has 1 fully saturated rings. The molecule has 2 heterocycles. The number of carbonyl (C=O) groups is 4. The number of ether oxygens (including phenoxy) is 2. The molecule has 1 atom stereocenters. The number of amides is 1. The highest BCUT2D eigenvalue weighted by atomic mass is 16.5. The first kappa shape index (κ1) is 27.6. The first-order chi connectivity index (χ1) is 18.8. The molecule has 3 N–H and O–H groups in total. The molecule has 4 rings (SSSR count). The quantitative estimate of drug-likeness (QED) is 0.331. The van der Waals surface area contributed by atoms with Crippen molar-refractivity contribution in [2.75, 3.05) is 26.1 Å². The van der Waals surface area contributed by atoms with Crippen LogP contribution in [0.3, 0.4) is 0 Å². The maximum absolute atomic E-state index is 13.2. The first-order valence-corrected chi connectivity index (χ1v) is 12.8. The molecule has 11 nitrogen and oxygen atoms in total. The molecule has 1 unspecified atom stereocenters. The van der Waals surface area contributed by atoms with E-state index >= 15 is 0 Å². The number of benzene rings is 1. The summed E-state index contributed by atoms with van der Waals surface area (Å²) in [4.78, 5) is 53.1. The van der Waals surface area contributed by atoms with Crippen molar-refractivity contribution in [3.05, 3.63) is 53.7 Å². The number of carboxylic acid groups (broad SMARTS) is 1. The molecule has 11 heteroatoms. The van der Waals surface area contributed by atoms with Gasteiger partial charge in [-0.15, -0.1) is 0 Å². The van der Waals surface area contributed by atoms with E-state index in [9.17, 15) is 24.3 Å². The van der Waals surface area contributed by atoms with E-state index in [0.717, 1.165) is 32.1 Å². The van der Waals surface area contributed by atoms with E-state index in [4.69, 9.17) is 14.5 Å². The van der Waals surface area contributed by atoms with Crippen LogP contribution in [0.15, 0.2) is 42.6 Å². The Morgan fingerprint density at radius 2 is 1.74 bits per heavy atom. The fourth-order valence-corrected chi connectivity index (χ4v) is 4.98. The topological polar surface area (TPSA) is 148 Å². The number of methoxy groups -OCH3 is 2. The predicted octanol–water partition coefficient (Wildman–Crippen LogP) is 3.53. The van der Waals surface area contributed by atoms with E-state index in [-0.39, 0.29) is 24.8 Å². The zero-order valence-electron chi connectivity index (χ0n) is 21.9. The summed E-state index contributed by atoms with van der Waals surface area (Å²) in [5, 5.41) is 15.4. The number of imidazole rings is 1. The molecule has 1 saturated carbocycles. The Morgan fingerprint density at radius 1 is 1.03 bits per heavy atom. The van der Waals surface area contributed by atoms with Crippen LogP contribution in [0.2, 0.25) is 0 Å². The lowest BCUT2D eigenvalue weighted by atomic mass is 9.82. The summed E-state index contributed by atoms with van der Waals surface area (Å²) in [5.41, 5.74) is 2.32. The third-order valence-electron chi connectivity index (χ3n) is 7.03. The Kier molecular flexibility index (Phi) is 8.80. The third-order valence-corrected chi connectivity index (χ3v) is 7.03. The van der Waals surface area contributed by atoms with Gasteiger partial charge >= 0.3 is 17.9 Å². The van der Waals surface area contributed by atoms with Gasteiger partial charge in [0.15, 0.2) is 0 Å². The molecule has 1 aliphatic rings. The molecule has 1 amide bonds. The SMILES string of the molecule is COC(=O)CNc1c(-c2ccc(C(=O)OC)cc2)nc2cc(C(=O)NC(CC(=O)O)C3CCCCC3)ccn12. The smallest absolute Gasteiger partial charge is 0.337 e. The number of rotatable bonds is 10. The minimum atomic E-state index is -0.946. The maximum atomic E-state index is 13.2. The van der Waals surface area contributed by atoms with Gasteiger partial charge in [-0.25, -0.2) is 9.78 Å². The average Bonchev–Trinajstić information content (AvgIpc) is 3.33. The van der Waals surface area contributed by atoms with Gasteiger partial charge in [0.2, 0.25) is 0 Å². The highest BCUT2D eigenvalue weighted by Crippen LogP contribution is 2.30. The van der Waals surface area contributed by atoms with Gasteiger partial charge in [-0.3, -0.25) is 18.8 Å². The number of fused-ring (bicyclic) bond motifs is 1. The first-order valence-electron chi connectivity index (χ1n) is 12.8. The van der Waals surface area contributed by atoms with Crippen molar-refractivity contribution in [1.29, 1.82) is 0 Å². The number of hydrogen-bond donors (Lipinski definition) is 3. The van der Waals surface area contributed by atoms with Crippen molar-refractivity contribution in [2.45, 2.75) is 44.6 Å². The highest BCUT2D eigenvalue weighted by molar-refractivity contribution is 5.96. The number of aromatic nitrogens is 2. The maximum Gasteiger partial charge on any atom is 0.337 e. The van der Waals surface area contributed by atoms with E-state index in [2.05, 4.69) is 10.6 Å². The van der Waals surface area contributed by atoms with Gasteiger partial charge in [-0.2, -0.15) is 0 Å². The molecule has 1 aliphatic carbocycles. The number of nitrogens with one attached hydrogen (secondary N) is 2. The monoisotopic (exact) mass is 536 g/mol. The van der Waals surface area contributed by atoms with Crippen LogP contribution in [0.1, 0.15) is 59.2 Å². The van der Waals surface area contributed by atoms with E-state index in [0.29, 0.717) is 33.8 Å². The number of carboxylic acids is 1. The third kappa shape index (κ3) is 6.54. The minimum Gasteiger partial charge on any atom is -0.481 e. The summed E-state index contributed by atoms with van der Waals surface area (Å²) in [7, 11) is 2.60. The number of hydrogen-bond acceptors (Lipinski definition) is 8. The summed E-state index contributed by atoms with van der Waals surface area (Å²) < 4.78 is 11.2. The van der Waals surface area contributed by atoms with Crippen LogP contribution in [-0.2, 0) is 19.1 Å². The molecule has 0 saturated heterocycles. The fraction of sp³-hybridized carbons (Fsp3) is 0.393. The van der Waals surface area contributed by atoms with Gasteiger partial charge in [-0.05, 0) is 43.0 Å². The zero-order valence-corrected chi connectivity index (χ0v) is 21.9. The molecule has 0 bridgehead atoms. The highest BCUT2D eigenvalue weighted by Gasteiger charge is 2.28. The summed E-state index contributed by atoms with van der Waals surface area (Å²) in [6.45, 7) is -0.113. The number of pyridine rings is 1. The molecule has 0 spiro atoms. The number of nitrogens with zero attached hydrogens (tertiary/aromatic N) is 2. The normalized spacial score (nSPS) is 14.4. The summed E-state index contributed by atoms with van der Waals surface area (Å²) in [5.74, 6) is -1.63. The van der Waals surface area contributed by atoms with Gasteiger partial charge in [0, 0.05) is 23.4 Å². The minimum absolute atomic E-state index is 0.113. The van der Waals surface area contributed by atoms with Crippen molar-refractivity contribution in [2.24, 2.45) is 5.92 Å². The molecule has 0 aliphatic heterocycles. The Hall–Kier alpha value is -4.41. The van der Waals surface area contributed by atoms with Crippen molar-refractivity contribution in [3.8, 4) is 11.3 Å². The van der Waals surface area contributed by atoms with Crippen molar-refractivity contribution in [1.82, 2.24) is 14.7 Å². The van der Waals surface area contributed by atoms with Gasteiger partial charge in [0.25, 0.3) is 5.91 Å². The zero-order chi connectivity index (χ0) is 27.9. The van der Waals surface area contributed by atoms with Gasteiger partial charge in [0.1, 0.15) is 23.7 Å².